The number of rotatable bonds is 8. The Morgan fingerprint density at radius 2 is 1.84 bits per heavy atom. The molecule has 1 heterocycles. The van der Waals surface area contributed by atoms with Crippen LogP contribution in [0.25, 0.3) is 11.3 Å². The van der Waals surface area contributed by atoms with E-state index in [0.717, 1.165) is 22.6 Å². The Balaban J connectivity index is 1.71. The number of thioether (sulfide) groups is 1. The fourth-order valence-electron chi connectivity index (χ4n) is 3.14. The lowest BCUT2D eigenvalue weighted by atomic mass is 9.86. The number of hydrogen-bond acceptors (Lipinski definition) is 5. The summed E-state index contributed by atoms with van der Waals surface area (Å²) in [5.74, 6) is 0.253. The van der Waals surface area contributed by atoms with E-state index >= 15 is 0 Å². The van der Waals surface area contributed by atoms with Gasteiger partial charge in [-0.15, -0.1) is 11.3 Å². The van der Waals surface area contributed by atoms with Crippen molar-refractivity contribution in [2.45, 2.75) is 38.6 Å². The first-order chi connectivity index (χ1) is 15.3. The Hall–Kier alpha value is -2.64. The molecule has 0 bridgehead atoms. The molecule has 0 saturated heterocycles. The van der Waals surface area contributed by atoms with Gasteiger partial charge in [0.05, 0.1) is 5.69 Å². The summed E-state index contributed by atoms with van der Waals surface area (Å²) in [5.41, 5.74) is 3.38. The molecule has 1 aromatic heterocycles. The monoisotopic (exact) mass is 467 g/mol. The molecule has 2 aromatic carbocycles. The Morgan fingerprint density at radius 1 is 1.09 bits per heavy atom. The zero-order chi connectivity index (χ0) is 23.1. The summed E-state index contributed by atoms with van der Waals surface area (Å²) in [4.78, 5) is 30.4. The highest BCUT2D eigenvalue weighted by molar-refractivity contribution is 7.98. The molecule has 0 radical (unpaired) electrons. The third kappa shape index (κ3) is 6.43. The van der Waals surface area contributed by atoms with Gasteiger partial charge in [-0.3, -0.25) is 9.59 Å². The molecule has 0 spiro atoms. The number of thiazole rings is 1. The van der Waals surface area contributed by atoms with Crippen molar-refractivity contribution in [3.63, 3.8) is 0 Å². The van der Waals surface area contributed by atoms with Crippen molar-refractivity contribution in [1.29, 1.82) is 0 Å². The van der Waals surface area contributed by atoms with Gasteiger partial charge in [-0.1, -0.05) is 63.2 Å². The predicted molar refractivity (Wildman–Crippen MR) is 136 cm³/mol. The Labute approximate surface area is 198 Å². The van der Waals surface area contributed by atoms with E-state index in [9.17, 15) is 9.59 Å². The highest BCUT2D eigenvalue weighted by atomic mass is 32.2. The molecule has 32 heavy (non-hydrogen) atoms. The van der Waals surface area contributed by atoms with Crippen LogP contribution in [0.3, 0.4) is 0 Å². The minimum Gasteiger partial charge on any atom is -0.340 e. The molecule has 5 nitrogen and oxygen atoms in total. The summed E-state index contributed by atoms with van der Waals surface area (Å²) in [5, 5.41) is 8.23. The largest absolute Gasteiger partial charge is 0.340 e. The van der Waals surface area contributed by atoms with Gasteiger partial charge in [-0.25, -0.2) is 4.98 Å². The van der Waals surface area contributed by atoms with Crippen LogP contribution in [0.5, 0.6) is 0 Å². The number of hydrogen-bond donors (Lipinski definition) is 2. The second-order valence-corrected chi connectivity index (χ2v) is 10.4. The van der Waals surface area contributed by atoms with Gasteiger partial charge in [0.2, 0.25) is 5.91 Å². The molecule has 1 atom stereocenters. The molecule has 7 heteroatoms. The minimum atomic E-state index is -0.641. The van der Waals surface area contributed by atoms with Crippen molar-refractivity contribution in [2.75, 3.05) is 17.3 Å². The minimum absolute atomic E-state index is 0.0623. The standard InChI is InChI=1S/C25H29N3O2S2/c1-25(2,3)19-12-8-11-18(15-19)22(29)26-20(13-14-31-4)23(30)28-24-27-21(16-32-24)17-9-6-5-7-10-17/h5-12,15-16,20H,13-14H2,1-4H3,(H,26,29)(H,27,28,30)/t20-/m0/s1. The van der Waals surface area contributed by atoms with Crippen LogP contribution in [0.2, 0.25) is 0 Å². The van der Waals surface area contributed by atoms with Gasteiger partial charge < -0.3 is 10.6 Å². The van der Waals surface area contributed by atoms with Crippen molar-refractivity contribution in [1.82, 2.24) is 10.3 Å². The number of nitrogens with zero attached hydrogens (tertiary/aromatic N) is 1. The van der Waals surface area contributed by atoms with E-state index in [-0.39, 0.29) is 17.2 Å². The number of carbonyl (C=O) groups excluding carboxylic acids is 2. The van der Waals surface area contributed by atoms with Crippen molar-refractivity contribution in [3.8, 4) is 11.3 Å². The van der Waals surface area contributed by atoms with Crippen LogP contribution in [0.15, 0.2) is 60.0 Å². The van der Waals surface area contributed by atoms with E-state index in [0.29, 0.717) is 17.1 Å². The van der Waals surface area contributed by atoms with E-state index in [2.05, 4.69) is 36.4 Å². The maximum Gasteiger partial charge on any atom is 0.251 e. The fourth-order valence-corrected chi connectivity index (χ4v) is 4.33. The molecular weight excluding hydrogens is 438 g/mol. The van der Waals surface area contributed by atoms with E-state index in [1.165, 1.54) is 11.3 Å². The van der Waals surface area contributed by atoms with Gasteiger partial charge in [0, 0.05) is 16.5 Å². The van der Waals surface area contributed by atoms with E-state index < -0.39 is 6.04 Å². The van der Waals surface area contributed by atoms with Crippen LogP contribution in [0, 0.1) is 0 Å². The summed E-state index contributed by atoms with van der Waals surface area (Å²) in [6, 6.07) is 16.8. The van der Waals surface area contributed by atoms with Gasteiger partial charge in [-0.2, -0.15) is 11.8 Å². The zero-order valence-corrected chi connectivity index (χ0v) is 20.5. The summed E-state index contributed by atoms with van der Waals surface area (Å²) in [6.07, 6.45) is 2.52. The van der Waals surface area contributed by atoms with Crippen LogP contribution in [0.1, 0.15) is 43.1 Å². The van der Waals surface area contributed by atoms with Crippen molar-refractivity contribution in [2.24, 2.45) is 0 Å². The smallest absolute Gasteiger partial charge is 0.251 e. The van der Waals surface area contributed by atoms with Gasteiger partial charge in [0.25, 0.3) is 5.91 Å². The van der Waals surface area contributed by atoms with E-state index in [4.69, 9.17) is 0 Å². The van der Waals surface area contributed by atoms with E-state index in [1.54, 1.807) is 17.8 Å². The summed E-state index contributed by atoms with van der Waals surface area (Å²) in [7, 11) is 0. The van der Waals surface area contributed by atoms with Crippen LogP contribution >= 0.6 is 23.1 Å². The predicted octanol–water partition coefficient (Wildman–Crippen LogP) is 5.60. The number of anilines is 1. The average Bonchev–Trinajstić information content (AvgIpc) is 3.25. The van der Waals surface area contributed by atoms with Crippen molar-refractivity contribution < 1.29 is 9.59 Å². The zero-order valence-electron chi connectivity index (χ0n) is 18.8. The molecular formula is C25H29N3O2S2. The van der Waals surface area contributed by atoms with Crippen LogP contribution in [0.4, 0.5) is 5.13 Å². The molecule has 0 aliphatic rings. The molecule has 2 N–H and O–H groups in total. The first kappa shape index (κ1) is 24.0. The normalized spacial score (nSPS) is 12.2. The first-order valence-corrected chi connectivity index (χ1v) is 12.8. The lowest BCUT2D eigenvalue weighted by Crippen LogP contribution is -2.44. The van der Waals surface area contributed by atoms with Crippen molar-refractivity contribution in [3.05, 3.63) is 71.1 Å². The third-order valence-electron chi connectivity index (χ3n) is 5.03. The average molecular weight is 468 g/mol. The first-order valence-electron chi connectivity index (χ1n) is 10.5. The Bertz CT molecular complexity index is 1060. The fraction of sp³-hybridized carbons (Fsp3) is 0.320. The molecule has 0 fully saturated rings. The molecule has 3 rings (SSSR count). The second-order valence-electron chi connectivity index (χ2n) is 8.53. The molecule has 0 aliphatic carbocycles. The highest BCUT2D eigenvalue weighted by Crippen LogP contribution is 2.25. The number of carbonyl (C=O) groups is 2. The van der Waals surface area contributed by atoms with Gasteiger partial charge in [0.15, 0.2) is 5.13 Å². The van der Waals surface area contributed by atoms with Crippen LogP contribution < -0.4 is 10.6 Å². The molecule has 0 unspecified atom stereocenters. The molecule has 0 aliphatic heterocycles. The van der Waals surface area contributed by atoms with Gasteiger partial charge in [0.1, 0.15) is 6.04 Å². The number of benzene rings is 2. The Kier molecular flexibility index (Phi) is 8.10. The van der Waals surface area contributed by atoms with Gasteiger partial charge >= 0.3 is 0 Å². The highest BCUT2D eigenvalue weighted by Gasteiger charge is 2.23. The summed E-state index contributed by atoms with van der Waals surface area (Å²) in [6.45, 7) is 6.32. The SMILES string of the molecule is CSCC[C@H](NC(=O)c1cccc(C(C)(C)C)c1)C(=O)Nc1nc(-c2ccccc2)cs1. The lowest BCUT2D eigenvalue weighted by Gasteiger charge is -2.21. The molecule has 3 aromatic rings. The summed E-state index contributed by atoms with van der Waals surface area (Å²) >= 11 is 3.01. The topological polar surface area (TPSA) is 71.1 Å². The molecule has 2 amide bonds. The summed E-state index contributed by atoms with van der Waals surface area (Å²) < 4.78 is 0. The molecule has 168 valence electrons. The number of amides is 2. The van der Waals surface area contributed by atoms with Crippen LogP contribution in [-0.2, 0) is 10.2 Å². The third-order valence-corrected chi connectivity index (χ3v) is 6.43. The van der Waals surface area contributed by atoms with Crippen molar-refractivity contribution >= 4 is 40.0 Å². The number of nitrogens with one attached hydrogen (secondary N) is 2. The number of aromatic nitrogens is 1. The molecule has 0 saturated carbocycles. The van der Waals surface area contributed by atoms with Crippen LogP contribution in [-0.4, -0.2) is 34.8 Å². The maximum absolute atomic E-state index is 13.0. The maximum atomic E-state index is 13.0. The van der Waals surface area contributed by atoms with E-state index in [1.807, 2.05) is 60.2 Å². The second kappa shape index (κ2) is 10.8. The Morgan fingerprint density at radius 3 is 2.53 bits per heavy atom. The van der Waals surface area contributed by atoms with Gasteiger partial charge in [-0.05, 0) is 41.5 Å². The lowest BCUT2D eigenvalue weighted by molar-refractivity contribution is -0.118. The quantitative estimate of drug-likeness (QED) is 0.452.